The summed E-state index contributed by atoms with van der Waals surface area (Å²) in [5, 5.41) is 0. The predicted octanol–water partition coefficient (Wildman–Crippen LogP) is 3.69. The Bertz CT molecular complexity index is 1390. The van der Waals surface area contributed by atoms with Crippen LogP contribution in [0.4, 0.5) is 0 Å². The van der Waals surface area contributed by atoms with E-state index >= 15 is 0 Å². The number of nitrogens with one attached hydrogen (secondary N) is 1. The summed E-state index contributed by atoms with van der Waals surface area (Å²) >= 11 is 0. The number of imidazole rings is 1. The summed E-state index contributed by atoms with van der Waals surface area (Å²) in [6.45, 7) is 1.98. The van der Waals surface area contributed by atoms with Crippen LogP contribution in [0, 0.1) is 0 Å². The number of hydrogen-bond acceptors (Lipinski definition) is 5. The maximum atomic E-state index is 13.1. The maximum absolute atomic E-state index is 13.1. The van der Waals surface area contributed by atoms with Gasteiger partial charge in [-0.3, -0.25) is 18.9 Å². The Labute approximate surface area is 191 Å². The molecule has 2 aromatic carbocycles. The molecular formula is C25H28N4O4. The molecule has 2 heterocycles. The van der Waals surface area contributed by atoms with Crippen LogP contribution in [0.5, 0.6) is 11.5 Å². The zero-order valence-electron chi connectivity index (χ0n) is 19.3. The van der Waals surface area contributed by atoms with E-state index in [0.29, 0.717) is 28.5 Å². The number of methoxy groups -OCH3 is 2. The molecule has 0 saturated carbocycles. The molecule has 8 heteroatoms. The van der Waals surface area contributed by atoms with E-state index in [9.17, 15) is 9.59 Å². The summed E-state index contributed by atoms with van der Waals surface area (Å²) in [4.78, 5) is 33.3. The molecule has 1 N–H and O–H groups in total. The molecule has 2 aromatic heterocycles. The SMILES string of the molecule is COc1ccc(-c2nc3c([nH]c(=O)n3C(C)CCCc3ccccc3)c(=O)n2C)cc1OC. The zero-order chi connectivity index (χ0) is 23.5. The van der Waals surface area contributed by atoms with Gasteiger partial charge in [-0.2, -0.15) is 0 Å². The van der Waals surface area contributed by atoms with E-state index in [4.69, 9.17) is 14.5 Å². The fourth-order valence-corrected chi connectivity index (χ4v) is 4.16. The number of aromatic nitrogens is 4. The van der Waals surface area contributed by atoms with Gasteiger partial charge in [0.2, 0.25) is 0 Å². The summed E-state index contributed by atoms with van der Waals surface area (Å²) in [5.74, 6) is 1.56. The van der Waals surface area contributed by atoms with Crippen LogP contribution in [0.3, 0.4) is 0 Å². The van der Waals surface area contributed by atoms with Crippen LogP contribution in [0.25, 0.3) is 22.6 Å². The summed E-state index contributed by atoms with van der Waals surface area (Å²) < 4.78 is 13.7. The van der Waals surface area contributed by atoms with Gasteiger partial charge in [0.05, 0.1) is 14.2 Å². The van der Waals surface area contributed by atoms with Gasteiger partial charge in [0.1, 0.15) is 5.82 Å². The van der Waals surface area contributed by atoms with Crippen LogP contribution in [0.1, 0.15) is 31.4 Å². The minimum absolute atomic E-state index is 0.118. The fraction of sp³-hybridized carbons (Fsp3) is 0.320. The van der Waals surface area contributed by atoms with Gasteiger partial charge in [-0.15, -0.1) is 0 Å². The third-order valence-electron chi connectivity index (χ3n) is 5.96. The Morgan fingerprint density at radius 2 is 1.76 bits per heavy atom. The fourth-order valence-electron chi connectivity index (χ4n) is 4.16. The molecule has 33 heavy (non-hydrogen) atoms. The molecule has 0 amide bonds. The molecule has 8 nitrogen and oxygen atoms in total. The van der Waals surface area contributed by atoms with Crippen molar-refractivity contribution in [3.63, 3.8) is 0 Å². The molecule has 0 aliphatic heterocycles. The predicted molar refractivity (Wildman–Crippen MR) is 128 cm³/mol. The first-order valence-corrected chi connectivity index (χ1v) is 10.9. The molecule has 0 bridgehead atoms. The molecule has 1 atom stereocenters. The van der Waals surface area contributed by atoms with E-state index < -0.39 is 0 Å². The Kier molecular flexibility index (Phi) is 6.35. The first kappa shape index (κ1) is 22.4. The molecule has 0 saturated heterocycles. The normalized spacial score (nSPS) is 12.1. The van der Waals surface area contributed by atoms with E-state index in [-0.39, 0.29) is 22.8 Å². The van der Waals surface area contributed by atoms with Crippen LogP contribution in [0.2, 0.25) is 0 Å². The number of nitrogens with zero attached hydrogens (tertiary/aromatic N) is 3. The topological polar surface area (TPSA) is 91.1 Å². The van der Waals surface area contributed by atoms with E-state index in [2.05, 4.69) is 17.1 Å². The van der Waals surface area contributed by atoms with Gasteiger partial charge in [0, 0.05) is 18.7 Å². The third-order valence-corrected chi connectivity index (χ3v) is 5.96. The summed E-state index contributed by atoms with van der Waals surface area (Å²) in [6, 6.07) is 15.5. The first-order valence-electron chi connectivity index (χ1n) is 10.9. The minimum atomic E-state index is -0.328. The number of fused-ring (bicyclic) bond motifs is 1. The van der Waals surface area contributed by atoms with Crippen molar-refractivity contribution in [3.05, 3.63) is 74.9 Å². The van der Waals surface area contributed by atoms with Crippen molar-refractivity contribution in [2.75, 3.05) is 14.2 Å². The molecule has 0 aliphatic carbocycles. The van der Waals surface area contributed by atoms with Crippen molar-refractivity contribution in [2.45, 2.75) is 32.2 Å². The highest BCUT2D eigenvalue weighted by molar-refractivity contribution is 5.74. The lowest BCUT2D eigenvalue weighted by Crippen LogP contribution is -2.22. The van der Waals surface area contributed by atoms with Crippen LogP contribution < -0.4 is 20.7 Å². The lowest BCUT2D eigenvalue weighted by Gasteiger charge is -2.15. The lowest BCUT2D eigenvalue weighted by atomic mass is 10.1. The van der Waals surface area contributed by atoms with E-state index in [1.165, 1.54) is 10.1 Å². The van der Waals surface area contributed by atoms with Gasteiger partial charge in [-0.25, -0.2) is 9.78 Å². The highest BCUT2D eigenvalue weighted by Crippen LogP contribution is 2.31. The van der Waals surface area contributed by atoms with E-state index in [1.54, 1.807) is 38.0 Å². The van der Waals surface area contributed by atoms with Crippen molar-refractivity contribution in [2.24, 2.45) is 7.05 Å². The second-order valence-electron chi connectivity index (χ2n) is 8.09. The number of aryl methyl sites for hydroxylation is 1. The number of ether oxygens (including phenoxy) is 2. The van der Waals surface area contributed by atoms with Crippen molar-refractivity contribution in [1.82, 2.24) is 19.1 Å². The molecule has 172 valence electrons. The number of hydrogen-bond donors (Lipinski definition) is 1. The van der Waals surface area contributed by atoms with Gasteiger partial charge >= 0.3 is 5.69 Å². The molecule has 1 unspecified atom stereocenters. The Morgan fingerprint density at radius 1 is 1.03 bits per heavy atom. The summed E-state index contributed by atoms with van der Waals surface area (Å²) in [6.07, 6.45) is 2.62. The van der Waals surface area contributed by atoms with Gasteiger partial charge in [0.25, 0.3) is 5.56 Å². The maximum Gasteiger partial charge on any atom is 0.328 e. The highest BCUT2D eigenvalue weighted by Gasteiger charge is 2.20. The second-order valence-corrected chi connectivity index (χ2v) is 8.09. The van der Waals surface area contributed by atoms with Crippen molar-refractivity contribution < 1.29 is 9.47 Å². The van der Waals surface area contributed by atoms with Gasteiger partial charge in [-0.05, 0) is 49.9 Å². The molecule has 0 fully saturated rings. The second kappa shape index (κ2) is 9.36. The molecule has 4 aromatic rings. The molecule has 4 rings (SSSR count). The number of aromatic amines is 1. The lowest BCUT2D eigenvalue weighted by molar-refractivity contribution is 0.355. The largest absolute Gasteiger partial charge is 0.493 e. The minimum Gasteiger partial charge on any atom is -0.493 e. The molecule has 0 spiro atoms. The average molecular weight is 449 g/mol. The molecule has 0 radical (unpaired) electrons. The Morgan fingerprint density at radius 3 is 2.45 bits per heavy atom. The van der Waals surface area contributed by atoms with Crippen molar-refractivity contribution in [1.29, 1.82) is 0 Å². The van der Waals surface area contributed by atoms with E-state index in [1.807, 2.05) is 31.2 Å². The summed E-state index contributed by atoms with van der Waals surface area (Å²) in [7, 11) is 4.76. The van der Waals surface area contributed by atoms with Gasteiger partial charge < -0.3 is 9.47 Å². The summed E-state index contributed by atoms with van der Waals surface area (Å²) in [5.41, 5.74) is 1.88. The third kappa shape index (κ3) is 4.28. The van der Waals surface area contributed by atoms with Gasteiger partial charge in [0.15, 0.2) is 22.7 Å². The van der Waals surface area contributed by atoms with Crippen LogP contribution in [0.15, 0.2) is 58.1 Å². The smallest absolute Gasteiger partial charge is 0.328 e. The van der Waals surface area contributed by atoms with Gasteiger partial charge in [-0.1, -0.05) is 30.3 Å². The molecular weight excluding hydrogens is 420 g/mol. The van der Waals surface area contributed by atoms with Crippen LogP contribution >= 0.6 is 0 Å². The monoisotopic (exact) mass is 448 g/mol. The quantitative estimate of drug-likeness (QED) is 0.444. The number of H-pyrrole nitrogens is 1. The van der Waals surface area contributed by atoms with Crippen molar-refractivity contribution >= 4 is 11.2 Å². The molecule has 0 aliphatic rings. The Balaban J connectivity index is 1.72. The number of rotatable bonds is 8. The van der Waals surface area contributed by atoms with Crippen LogP contribution in [-0.2, 0) is 13.5 Å². The zero-order valence-corrected chi connectivity index (χ0v) is 19.3. The first-order chi connectivity index (χ1) is 15.9. The van der Waals surface area contributed by atoms with Crippen LogP contribution in [-0.4, -0.2) is 33.3 Å². The standard InChI is InChI=1S/C25H28N4O4/c1-16(9-8-12-17-10-6-5-7-11-17)29-23-21(26-25(29)31)24(30)28(2)22(27-23)18-13-14-19(32-3)20(15-18)33-4/h5-7,10-11,13-16H,8-9,12H2,1-4H3,(H,26,31). The average Bonchev–Trinajstić information content (AvgIpc) is 3.17. The Hall–Kier alpha value is -3.81. The number of benzene rings is 2. The highest BCUT2D eigenvalue weighted by atomic mass is 16.5. The van der Waals surface area contributed by atoms with E-state index in [0.717, 1.165) is 19.3 Å². The van der Waals surface area contributed by atoms with Crippen molar-refractivity contribution in [3.8, 4) is 22.9 Å².